The van der Waals surface area contributed by atoms with E-state index in [0.29, 0.717) is 53.4 Å². The first-order valence-electron chi connectivity index (χ1n) is 10.2. The van der Waals surface area contributed by atoms with Crippen LogP contribution in [0, 0.1) is 5.41 Å². The lowest BCUT2D eigenvalue weighted by atomic mass is 9.94. The third kappa shape index (κ3) is 4.13. The molecule has 31 heavy (non-hydrogen) atoms. The molecule has 1 aliphatic heterocycles. The van der Waals surface area contributed by atoms with Crippen molar-refractivity contribution in [2.75, 3.05) is 27.4 Å². The Bertz CT molecular complexity index is 1050. The molecule has 3 aromatic carbocycles. The summed E-state index contributed by atoms with van der Waals surface area (Å²) in [6, 6.07) is 15.1. The maximum atomic E-state index is 10.6. The van der Waals surface area contributed by atoms with E-state index < -0.39 is 6.29 Å². The van der Waals surface area contributed by atoms with Crippen LogP contribution in [-0.4, -0.2) is 32.5 Å². The molecule has 4 rings (SSSR count). The van der Waals surface area contributed by atoms with Crippen molar-refractivity contribution in [3.8, 4) is 23.0 Å². The maximum Gasteiger partial charge on any atom is 0.191 e. The molecule has 0 unspecified atom stereocenters. The number of phenols is 1. The van der Waals surface area contributed by atoms with Crippen LogP contribution >= 0.6 is 0 Å². The first kappa shape index (κ1) is 21.3. The van der Waals surface area contributed by atoms with Crippen LogP contribution in [0.5, 0.6) is 23.0 Å². The van der Waals surface area contributed by atoms with Gasteiger partial charge in [0.15, 0.2) is 17.8 Å². The Morgan fingerprint density at radius 2 is 1.58 bits per heavy atom. The van der Waals surface area contributed by atoms with Crippen LogP contribution in [0.3, 0.4) is 0 Å². The van der Waals surface area contributed by atoms with E-state index in [0.717, 1.165) is 5.56 Å². The van der Waals surface area contributed by atoms with Crippen molar-refractivity contribution in [2.24, 2.45) is 5.41 Å². The number of hydrogen-bond acceptors (Lipinski definition) is 6. The van der Waals surface area contributed by atoms with Gasteiger partial charge in [-0.2, -0.15) is 0 Å². The summed E-state index contributed by atoms with van der Waals surface area (Å²) in [6.45, 7) is 5.54. The van der Waals surface area contributed by atoms with Crippen LogP contribution in [0.25, 0.3) is 10.8 Å². The zero-order valence-electron chi connectivity index (χ0n) is 18.3. The van der Waals surface area contributed by atoms with Crippen molar-refractivity contribution in [2.45, 2.75) is 26.7 Å². The highest BCUT2D eigenvalue weighted by Gasteiger charge is 2.36. The van der Waals surface area contributed by atoms with E-state index in [1.807, 2.05) is 36.4 Å². The van der Waals surface area contributed by atoms with Crippen LogP contribution in [0.4, 0.5) is 0 Å². The topological polar surface area (TPSA) is 66.4 Å². The fourth-order valence-corrected chi connectivity index (χ4v) is 3.81. The highest BCUT2D eigenvalue weighted by molar-refractivity contribution is 6.01. The van der Waals surface area contributed by atoms with Gasteiger partial charge in [-0.15, -0.1) is 0 Å². The quantitative estimate of drug-likeness (QED) is 0.586. The van der Waals surface area contributed by atoms with Crippen molar-refractivity contribution < 1.29 is 28.8 Å². The number of fused-ring (bicyclic) bond motifs is 1. The lowest BCUT2D eigenvalue weighted by molar-refractivity contribution is -0.227. The number of ether oxygens (including phenoxy) is 5. The van der Waals surface area contributed by atoms with Crippen molar-refractivity contribution in [3.63, 3.8) is 0 Å². The Balaban J connectivity index is 1.89. The number of hydrogen-bond donors (Lipinski definition) is 1. The molecule has 1 aliphatic rings. The summed E-state index contributed by atoms with van der Waals surface area (Å²) in [5, 5.41) is 11.8. The molecule has 1 heterocycles. The predicted molar refractivity (Wildman–Crippen MR) is 118 cm³/mol. The Morgan fingerprint density at radius 3 is 2.23 bits per heavy atom. The summed E-state index contributed by atoms with van der Waals surface area (Å²) in [5.74, 6) is 1.45. The van der Waals surface area contributed by atoms with Crippen LogP contribution < -0.4 is 14.2 Å². The summed E-state index contributed by atoms with van der Waals surface area (Å²) < 4.78 is 30.0. The van der Waals surface area contributed by atoms with Gasteiger partial charge in [0.2, 0.25) is 0 Å². The molecule has 0 amide bonds. The van der Waals surface area contributed by atoms with Crippen molar-refractivity contribution >= 4 is 10.8 Å². The van der Waals surface area contributed by atoms with Gasteiger partial charge < -0.3 is 28.8 Å². The zero-order chi connectivity index (χ0) is 22.0. The van der Waals surface area contributed by atoms with Gasteiger partial charge in [-0.05, 0) is 11.6 Å². The second-order valence-corrected chi connectivity index (χ2v) is 8.40. The summed E-state index contributed by atoms with van der Waals surface area (Å²) >= 11 is 0. The van der Waals surface area contributed by atoms with Gasteiger partial charge >= 0.3 is 0 Å². The molecule has 6 nitrogen and oxygen atoms in total. The summed E-state index contributed by atoms with van der Waals surface area (Å²) in [7, 11) is 3.14. The lowest BCUT2D eigenvalue weighted by Crippen LogP contribution is -2.34. The first-order chi connectivity index (χ1) is 14.9. The van der Waals surface area contributed by atoms with E-state index in [1.165, 1.54) is 0 Å². The highest BCUT2D eigenvalue weighted by atomic mass is 16.7. The second kappa shape index (κ2) is 8.65. The van der Waals surface area contributed by atoms with Gasteiger partial charge in [0.1, 0.15) is 18.1 Å². The highest BCUT2D eigenvalue weighted by Crippen LogP contribution is 2.52. The van der Waals surface area contributed by atoms with Gasteiger partial charge in [-0.3, -0.25) is 0 Å². The van der Waals surface area contributed by atoms with Crippen LogP contribution in [0.1, 0.15) is 31.3 Å². The molecule has 0 radical (unpaired) electrons. The molecule has 0 saturated carbocycles. The van der Waals surface area contributed by atoms with E-state index in [1.54, 1.807) is 26.4 Å². The maximum absolute atomic E-state index is 10.6. The van der Waals surface area contributed by atoms with E-state index in [4.69, 9.17) is 23.7 Å². The van der Waals surface area contributed by atoms with Crippen LogP contribution in [-0.2, 0) is 16.1 Å². The molecule has 3 aromatic rings. The Labute approximate surface area is 182 Å². The van der Waals surface area contributed by atoms with Crippen molar-refractivity contribution in [1.82, 2.24) is 0 Å². The summed E-state index contributed by atoms with van der Waals surface area (Å²) in [6.07, 6.45) is -0.686. The van der Waals surface area contributed by atoms with Gasteiger partial charge in [0.25, 0.3) is 0 Å². The third-order valence-corrected chi connectivity index (χ3v) is 5.33. The summed E-state index contributed by atoms with van der Waals surface area (Å²) in [5.41, 5.74) is 1.52. The molecule has 6 heteroatoms. The van der Waals surface area contributed by atoms with E-state index in [-0.39, 0.29) is 11.2 Å². The number of phenolic OH excluding ortho intramolecular Hbond substituents is 1. The number of benzene rings is 3. The number of methoxy groups -OCH3 is 2. The minimum Gasteiger partial charge on any atom is -0.507 e. The predicted octanol–water partition coefficient (Wildman–Crippen LogP) is 5.21. The average Bonchev–Trinajstić information content (AvgIpc) is 2.77. The molecule has 1 saturated heterocycles. The monoisotopic (exact) mass is 424 g/mol. The normalized spacial score (nSPS) is 16.3. The Morgan fingerprint density at radius 1 is 0.903 bits per heavy atom. The van der Waals surface area contributed by atoms with Gasteiger partial charge in [0, 0.05) is 10.8 Å². The minimum atomic E-state index is -0.686. The van der Waals surface area contributed by atoms with Gasteiger partial charge in [0.05, 0.1) is 38.4 Å². The van der Waals surface area contributed by atoms with Crippen molar-refractivity contribution in [3.05, 3.63) is 59.7 Å². The fourth-order valence-electron chi connectivity index (χ4n) is 3.81. The molecule has 0 aromatic heterocycles. The number of aromatic hydroxyl groups is 1. The average molecular weight is 424 g/mol. The third-order valence-electron chi connectivity index (χ3n) is 5.33. The largest absolute Gasteiger partial charge is 0.507 e. The van der Waals surface area contributed by atoms with Crippen molar-refractivity contribution in [1.29, 1.82) is 0 Å². The second-order valence-electron chi connectivity index (χ2n) is 8.40. The van der Waals surface area contributed by atoms with E-state index in [2.05, 4.69) is 13.8 Å². The van der Waals surface area contributed by atoms with E-state index in [9.17, 15) is 5.11 Å². The molecule has 0 spiro atoms. The molecule has 1 N–H and O–H groups in total. The molecular weight excluding hydrogens is 396 g/mol. The van der Waals surface area contributed by atoms with Gasteiger partial charge in [-0.25, -0.2) is 0 Å². The van der Waals surface area contributed by atoms with Crippen LogP contribution in [0.15, 0.2) is 48.5 Å². The fraction of sp³-hybridized carbons (Fsp3) is 0.360. The Kier molecular flexibility index (Phi) is 5.94. The molecule has 0 bridgehead atoms. The number of rotatable bonds is 6. The Hall–Kier alpha value is -2.96. The molecule has 1 fully saturated rings. The first-order valence-corrected chi connectivity index (χ1v) is 10.2. The molecule has 0 atom stereocenters. The standard InChI is InChI=1S/C25H28O6/c1-25(2)14-30-24(31-15-25)20-21(27-3)17-11-8-12-18(26)19(17)22(28-4)23(20)29-13-16-9-6-5-7-10-16/h5-12,24,26H,13-15H2,1-4H3. The lowest BCUT2D eigenvalue weighted by Gasteiger charge is -2.36. The summed E-state index contributed by atoms with van der Waals surface area (Å²) in [4.78, 5) is 0. The molecule has 0 aliphatic carbocycles. The molecule has 164 valence electrons. The van der Waals surface area contributed by atoms with E-state index >= 15 is 0 Å². The van der Waals surface area contributed by atoms with Crippen LogP contribution in [0.2, 0.25) is 0 Å². The SMILES string of the molecule is COc1c(C2OCC(C)(C)CO2)c(OCc2ccccc2)c(OC)c2c(O)cccc12. The molecular formula is C25H28O6. The zero-order valence-corrected chi connectivity index (χ0v) is 18.3. The van der Waals surface area contributed by atoms with Gasteiger partial charge in [-0.1, -0.05) is 56.3 Å². The minimum absolute atomic E-state index is 0.0791. The smallest absolute Gasteiger partial charge is 0.191 e.